The number of rotatable bonds is 6. The van der Waals surface area contributed by atoms with Crippen molar-refractivity contribution >= 4 is 16.9 Å². The quantitative estimate of drug-likeness (QED) is 0.610. The molecule has 0 spiro atoms. The number of amides is 1. The molecule has 30 heavy (non-hydrogen) atoms. The van der Waals surface area contributed by atoms with Gasteiger partial charge in [-0.15, -0.1) is 0 Å². The van der Waals surface area contributed by atoms with Gasteiger partial charge in [-0.05, 0) is 56.9 Å². The van der Waals surface area contributed by atoms with Gasteiger partial charge >= 0.3 is 0 Å². The highest BCUT2D eigenvalue weighted by molar-refractivity contribution is 5.96. The highest BCUT2D eigenvalue weighted by Crippen LogP contribution is 2.27. The van der Waals surface area contributed by atoms with Gasteiger partial charge in [0.25, 0.3) is 12.3 Å². The average molecular weight is 413 g/mol. The Morgan fingerprint density at radius 3 is 2.47 bits per heavy atom. The maximum atomic E-state index is 12.7. The summed E-state index contributed by atoms with van der Waals surface area (Å²) < 4.78 is 30.8. The molecule has 1 aliphatic rings. The Morgan fingerprint density at radius 1 is 1.07 bits per heavy atom. The first kappa shape index (κ1) is 20.5. The fraction of sp³-hybridized carbons (Fsp3) is 0.391. The van der Waals surface area contributed by atoms with Gasteiger partial charge in [-0.2, -0.15) is 0 Å². The molecule has 7 heteroatoms. The number of aromatic nitrogens is 1. The molecule has 0 bridgehead atoms. The molecule has 158 valence electrons. The number of fused-ring (bicyclic) bond motifs is 1. The van der Waals surface area contributed by atoms with Crippen molar-refractivity contribution in [1.29, 1.82) is 0 Å². The Kier molecular flexibility index (Phi) is 6.08. The van der Waals surface area contributed by atoms with Gasteiger partial charge in [0.2, 0.25) is 0 Å². The Hall–Kier alpha value is -2.80. The van der Waals surface area contributed by atoms with E-state index in [4.69, 9.17) is 4.42 Å². The minimum absolute atomic E-state index is 0.0680. The molecule has 1 amide bonds. The largest absolute Gasteiger partial charge is 0.464 e. The van der Waals surface area contributed by atoms with Crippen molar-refractivity contribution in [1.82, 2.24) is 15.6 Å². The van der Waals surface area contributed by atoms with Gasteiger partial charge in [0.1, 0.15) is 5.58 Å². The molecule has 2 N–H and O–H groups in total. The summed E-state index contributed by atoms with van der Waals surface area (Å²) in [5.74, 6) is -0.117. The Bertz CT molecular complexity index is 995. The molecule has 1 saturated carbocycles. The summed E-state index contributed by atoms with van der Waals surface area (Å²) >= 11 is 0. The maximum absolute atomic E-state index is 12.7. The molecule has 2 aromatic heterocycles. The van der Waals surface area contributed by atoms with E-state index in [1.165, 1.54) is 6.92 Å². The van der Waals surface area contributed by atoms with Crippen LogP contribution in [0.2, 0.25) is 0 Å². The van der Waals surface area contributed by atoms with E-state index < -0.39 is 12.5 Å². The lowest BCUT2D eigenvalue weighted by molar-refractivity contribution is 0.0894. The molecule has 1 aromatic carbocycles. The maximum Gasteiger partial charge on any atom is 0.253 e. The van der Waals surface area contributed by atoms with Gasteiger partial charge in [-0.25, -0.2) is 8.78 Å². The molecule has 2 heterocycles. The molecule has 0 saturated heterocycles. The van der Waals surface area contributed by atoms with E-state index in [1.807, 2.05) is 24.3 Å². The van der Waals surface area contributed by atoms with E-state index in [0.717, 1.165) is 47.9 Å². The molecule has 4 rings (SSSR count). The molecular formula is C23H25F2N3O2. The smallest absolute Gasteiger partial charge is 0.253 e. The van der Waals surface area contributed by atoms with Gasteiger partial charge in [-0.3, -0.25) is 9.78 Å². The summed E-state index contributed by atoms with van der Waals surface area (Å²) in [5.41, 5.74) is 3.09. The third kappa shape index (κ3) is 4.51. The SMILES string of the molecule is CC(N[C@H]1CC[C@H](NC(=O)c2ccc(-c3nccc4occc34)cc2)CC1)C(F)F. The number of nitrogens with one attached hydrogen (secondary N) is 2. The average Bonchev–Trinajstić information content (AvgIpc) is 3.24. The second-order valence-electron chi connectivity index (χ2n) is 7.88. The molecule has 0 aliphatic heterocycles. The molecular weight excluding hydrogens is 388 g/mol. The normalized spacial score (nSPS) is 20.4. The minimum atomic E-state index is -2.36. The van der Waals surface area contributed by atoms with Crippen LogP contribution in [-0.2, 0) is 0 Å². The van der Waals surface area contributed by atoms with Gasteiger partial charge in [-0.1, -0.05) is 12.1 Å². The fourth-order valence-electron chi connectivity index (χ4n) is 4.02. The number of carbonyl (C=O) groups is 1. The van der Waals surface area contributed by atoms with Crippen molar-refractivity contribution in [2.24, 2.45) is 0 Å². The van der Waals surface area contributed by atoms with E-state index in [2.05, 4.69) is 15.6 Å². The van der Waals surface area contributed by atoms with Crippen LogP contribution >= 0.6 is 0 Å². The number of halogens is 2. The highest BCUT2D eigenvalue weighted by atomic mass is 19.3. The first-order valence-electron chi connectivity index (χ1n) is 10.3. The molecule has 1 unspecified atom stereocenters. The first-order chi connectivity index (χ1) is 14.5. The van der Waals surface area contributed by atoms with Gasteiger partial charge in [0.05, 0.1) is 18.0 Å². The Morgan fingerprint density at radius 2 is 1.77 bits per heavy atom. The summed E-state index contributed by atoms with van der Waals surface area (Å²) in [6.07, 6.45) is 4.10. The molecule has 1 aliphatic carbocycles. The van der Waals surface area contributed by atoms with Crippen molar-refractivity contribution in [2.75, 3.05) is 0 Å². The number of hydrogen-bond acceptors (Lipinski definition) is 4. The summed E-state index contributed by atoms with van der Waals surface area (Å²) in [7, 11) is 0. The van der Waals surface area contributed by atoms with Gasteiger partial charge in [0, 0.05) is 34.8 Å². The number of carbonyl (C=O) groups excluding carboxylic acids is 1. The molecule has 1 atom stereocenters. The lowest BCUT2D eigenvalue weighted by atomic mass is 9.90. The number of nitrogens with zero attached hydrogens (tertiary/aromatic N) is 1. The van der Waals surface area contributed by atoms with Crippen molar-refractivity contribution in [2.45, 2.75) is 57.2 Å². The number of benzene rings is 1. The van der Waals surface area contributed by atoms with Crippen LogP contribution < -0.4 is 10.6 Å². The van der Waals surface area contributed by atoms with Crippen molar-refractivity contribution in [3.8, 4) is 11.3 Å². The van der Waals surface area contributed by atoms with Crippen LogP contribution in [0.4, 0.5) is 8.78 Å². The molecule has 3 aromatic rings. The van der Waals surface area contributed by atoms with Crippen LogP contribution in [0.1, 0.15) is 43.0 Å². The fourth-order valence-corrected chi connectivity index (χ4v) is 4.02. The van der Waals surface area contributed by atoms with Crippen LogP contribution in [0.15, 0.2) is 53.3 Å². The van der Waals surface area contributed by atoms with Crippen molar-refractivity contribution in [3.05, 3.63) is 54.4 Å². The lowest BCUT2D eigenvalue weighted by Gasteiger charge is -2.31. The molecule has 1 fully saturated rings. The second-order valence-corrected chi connectivity index (χ2v) is 7.88. The summed E-state index contributed by atoms with van der Waals surface area (Å²) in [5, 5.41) is 6.98. The van der Waals surface area contributed by atoms with Gasteiger partial charge < -0.3 is 15.1 Å². The third-order valence-corrected chi connectivity index (χ3v) is 5.74. The number of hydrogen-bond donors (Lipinski definition) is 2. The highest BCUT2D eigenvalue weighted by Gasteiger charge is 2.25. The predicted octanol–water partition coefficient (Wildman–Crippen LogP) is 4.78. The predicted molar refractivity (Wildman–Crippen MR) is 112 cm³/mol. The van der Waals surface area contributed by atoms with E-state index in [1.54, 1.807) is 24.6 Å². The Balaban J connectivity index is 1.34. The summed E-state index contributed by atoms with van der Waals surface area (Å²) in [6, 6.07) is 10.4. The van der Waals surface area contributed by atoms with Crippen LogP contribution in [0, 0.1) is 0 Å². The Labute approximate surface area is 173 Å². The summed E-state index contributed by atoms with van der Waals surface area (Å²) in [6.45, 7) is 1.50. The van der Waals surface area contributed by atoms with E-state index in [-0.39, 0.29) is 18.0 Å². The number of alkyl halides is 2. The first-order valence-corrected chi connectivity index (χ1v) is 10.3. The standard InChI is InChI=1S/C23H25F2N3O2/c1-14(22(24)25)27-17-6-8-18(9-7-17)28-23(29)16-4-2-15(3-5-16)21-19-11-13-30-20(19)10-12-26-21/h2-5,10-14,17-18,22,27H,6-9H2,1H3,(H,28,29)/t14?,17-,18-. The van der Waals surface area contributed by atoms with Crippen LogP contribution in [-0.4, -0.2) is 35.4 Å². The van der Waals surface area contributed by atoms with E-state index >= 15 is 0 Å². The lowest BCUT2D eigenvalue weighted by Crippen LogP contribution is -2.46. The van der Waals surface area contributed by atoms with E-state index in [9.17, 15) is 13.6 Å². The second kappa shape index (κ2) is 8.92. The van der Waals surface area contributed by atoms with Crippen molar-refractivity contribution < 1.29 is 18.0 Å². The van der Waals surface area contributed by atoms with Crippen molar-refractivity contribution in [3.63, 3.8) is 0 Å². The molecule has 5 nitrogen and oxygen atoms in total. The zero-order valence-electron chi connectivity index (χ0n) is 16.8. The minimum Gasteiger partial charge on any atom is -0.464 e. The number of pyridine rings is 1. The van der Waals surface area contributed by atoms with E-state index in [0.29, 0.717) is 5.56 Å². The van der Waals surface area contributed by atoms with Crippen LogP contribution in [0.3, 0.4) is 0 Å². The zero-order valence-corrected chi connectivity index (χ0v) is 16.8. The van der Waals surface area contributed by atoms with Gasteiger partial charge in [0.15, 0.2) is 0 Å². The third-order valence-electron chi connectivity index (χ3n) is 5.74. The molecule has 0 radical (unpaired) electrons. The topological polar surface area (TPSA) is 67.2 Å². The van der Waals surface area contributed by atoms with Crippen LogP contribution in [0.5, 0.6) is 0 Å². The number of furan rings is 1. The monoisotopic (exact) mass is 413 g/mol. The van der Waals surface area contributed by atoms with Crippen LogP contribution in [0.25, 0.3) is 22.2 Å². The zero-order chi connectivity index (χ0) is 21.1. The summed E-state index contributed by atoms with van der Waals surface area (Å²) in [4.78, 5) is 17.1.